The monoisotopic (exact) mass is 308 g/mol. The Morgan fingerprint density at radius 3 is 2.76 bits per heavy atom. The first-order valence-electron chi connectivity index (χ1n) is 7.06. The molecule has 0 saturated heterocycles. The highest BCUT2D eigenvalue weighted by Crippen LogP contribution is 2.34. The Balaban J connectivity index is 2.12. The second-order valence-corrected chi connectivity index (χ2v) is 7.62. The summed E-state index contributed by atoms with van der Waals surface area (Å²) >= 11 is 0. The molecule has 0 saturated carbocycles. The minimum absolute atomic E-state index is 0.285. The normalized spacial score (nSPS) is 19.1. The first-order chi connectivity index (χ1) is 9.92. The molecule has 6 heteroatoms. The summed E-state index contributed by atoms with van der Waals surface area (Å²) in [6.07, 6.45) is 2.88. The van der Waals surface area contributed by atoms with Gasteiger partial charge in [-0.25, -0.2) is 13.1 Å². The van der Waals surface area contributed by atoms with Gasteiger partial charge in [-0.05, 0) is 52.2 Å². The van der Waals surface area contributed by atoms with Gasteiger partial charge >= 0.3 is 0 Å². The summed E-state index contributed by atoms with van der Waals surface area (Å²) in [6.45, 7) is 0. The standard InChI is InChI=1S/C15H20N2O3S/c1-16-21(18,19)11-5-7-15-13(9-11)12-8-10(17(2)3)4-6-14(12)20-15/h5,7,9-10,16H,4,6,8H2,1-3H3. The lowest BCUT2D eigenvalue weighted by Crippen LogP contribution is -2.33. The summed E-state index contributed by atoms with van der Waals surface area (Å²) in [5, 5.41) is 0.924. The van der Waals surface area contributed by atoms with Crippen molar-refractivity contribution >= 4 is 21.0 Å². The van der Waals surface area contributed by atoms with Gasteiger partial charge in [-0.1, -0.05) is 0 Å². The lowest BCUT2D eigenvalue weighted by Gasteiger charge is -2.27. The third kappa shape index (κ3) is 2.47. The number of furan rings is 1. The molecule has 1 aliphatic rings. The number of fused-ring (bicyclic) bond motifs is 3. The van der Waals surface area contributed by atoms with Crippen LogP contribution in [0.2, 0.25) is 0 Å². The second kappa shape index (κ2) is 5.12. The number of aryl methyl sites for hydroxylation is 1. The molecule has 1 atom stereocenters. The molecule has 0 spiro atoms. The molecule has 1 unspecified atom stereocenters. The van der Waals surface area contributed by atoms with Gasteiger partial charge in [0, 0.05) is 23.4 Å². The van der Waals surface area contributed by atoms with Crippen molar-refractivity contribution in [3.05, 3.63) is 29.5 Å². The molecule has 0 fully saturated rings. The molecule has 0 radical (unpaired) electrons. The second-order valence-electron chi connectivity index (χ2n) is 5.73. The average Bonchev–Trinajstić information content (AvgIpc) is 2.83. The van der Waals surface area contributed by atoms with Gasteiger partial charge in [-0.15, -0.1) is 0 Å². The van der Waals surface area contributed by atoms with Crippen molar-refractivity contribution in [1.82, 2.24) is 9.62 Å². The van der Waals surface area contributed by atoms with Gasteiger partial charge < -0.3 is 9.32 Å². The maximum Gasteiger partial charge on any atom is 0.240 e. The van der Waals surface area contributed by atoms with Crippen LogP contribution in [0.25, 0.3) is 11.0 Å². The minimum Gasteiger partial charge on any atom is -0.461 e. The summed E-state index contributed by atoms with van der Waals surface area (Å²) in [5.74, 6) is 1.00. The molecule has 1 aliphatic carbocycles. The molecular weight excluding hydrogens is 288 g/mol. The number of benzene rings is 1. The van der Waals surface area contributed by atoms with E-state index in [-0.39, 0.29) is 4.90 Å². The first kappa shape index (κ1) is 14.6. The lowest BCUT2D eigenvalue weighted by atomic mass is 9.91. The van der Waals surface area contributed by atoms with Gasteiger partial charge in [0.1, 0.15) is 11.3 Å². The van der Waals surface area contributed by atoms with E-state index < -0.39 is 10.0 Å². The van der Waals surface area contributed by atoms with Crippen molar-refractivity contribution < 1.29 is 12.8 Å². The van der Waals surface area contributed by atoms with Crippen LogP contribution < -0.4 is 4.72 Å². The van der Waals surface area contributed by atoms with Gasteiger partial charge in [0.25, 0.3) is 0 Å². The van der Waals surface area contributed by atoms with Crippen LogP contribution in [-0.2, 0) is 22.9 Å². The van der Waals surface area contributed by atoms with Crippen LogP contribution in [0.15, 0.2) is 27.5 Å². The van der Waals surface area contributed by atoms with Crippen LogP contribution in [0.3, 0.4) is 0 Å². The fraction of sp³-hybridized carbons (Fsp3) is 0.467. The summed E-state index contributed by atoms with van der Waals surface area (Å²) < 4.78 is 32.2. The third-order valence-electron chi connectivity index (χ3n) is 4.30. The van der Waals surface area contributed by atoms with Crippen molar-refractivity contribution in [3.63, 3.8) is 0 Å². The zero-order valence-electron chi connectivity index (χ0n) is 12.5. The highest BCUT2D eigenvalue weighted by molar-refractivity contribution is 7.89. The van der Waals surface area contributed by atoms with Crippen molar-refractivity contribution in [3.8, 4) is 0 Å². The van der Waals surface area contributed by atoms with Crippen LogP contribution in [0.4, 0.5) is 0 Å². The van der Waals surface area contributed by atoms with Crippen molar-refractivity contribution in [2.75, 3.05) is 21.1 Å². The van der Waals surface area contributed by atoms with Crippen LogP contribution in [0.1, 0.15) is 17.7 Å². The van der Waals surface area contributed by atoms with Gasteiger partial charge in [0.15, 0.2) is 0 Å². The maximum atomic E-state index is 12.0. The van der Waals surface area contributed by atoms with Crippen molar-refractivity contribution in [2.24, 2.45) is 0 Å². The summed E-state index contributed by atoms with van der Waals surface area (Å²) in [6, 6.07) is 5.54. The number of likely N-dealkylation sites (N-methyl/N-ethyl adjacent to an activating group) is 1. The molecule has 2 aromatic rings. The van der Waals surface area contributed by atoms with Crippen LogP contribution in [0.5, 0.6) is 0 Å². The predicted octanol–water partition coefficient (Wildman–Crippen LogP) is 1.76. The predicted molar refractivity (Wildman–Crippen MR) is 82.0 cm³/mol. The quantitative estimate of drug-likeness (QED) is 0.938. The van der Waals surface area contributed by atoms with Crippen LogP contribution in [0, 0.1) is 0 Å². The minimum atomic E-state index is -3.43. The smallest absolute Gasteiger partial charge is 0.240 e. The Hall–Kier alpha value is -1.37. The fourth-order valence-corrected chi connectivity index (χ4v) is 3.72. The van der Waals surface area contributed by atoms with Crippen molar-refractivity contribution in [1.29, 1.82) is 0 Å². The van der Waals surface area contributed by atoms with Crippen LogP contribution >= 0.6 is 0 Å². The van der Waals surface area contributed by atoms with Crippen molar-refractivity contribution in [2.45, 2.75) is 30.2 Å². The van der Waals surface area contributed by atoms with E-state index in [0.717, 1.165) is 41.6 Å². The van der Waals surface area contributed by atoms with Crippen LogP contribution in [-0.4, -0.2) is 40.5 Å². The maximum absolute atomic E-state index is 12.0. The Kier molecular flexibility index (Phi) is 3.55. The first-order valence-corrected chi connectivity index (χ1v) is 8.55. The van der Waals surface area contributed by atoms with E-state index in [9.17, 15) is 8.42 Å². The Morgan fingerprint density at radius 1 is 1.33 bits per heavy atom. The fourth-order valence-electron chi connectivity index (χ4n) is 2.97. The Labute approximate surface area is 125 Å². The molecule has 114 valence electrons. The highest BCUT2D eigenvalue weighted by atomic mass is 32.2. The molecule has 1 heterocycles. The number of nitrogens with one attached hydrogen (secondary N) is 1. The Bertz CT molecular complexity index is 778. The molecular formula is C15H20N2O3S. The van der Waals surface area contributed by atoms with Gasteiger partial charge in [0.05, 0.1) is 4.90 Å². The summed E-state index contributed by atoms with van der Waals surface area (Å²) in [4.78, 5) is 2.50. The zero-order valence-corrected chi connectivity index (χ0v) is 13.3. The number of nitrogens with zero attached hydrogens (tertiary/aromatic N) is 1. The zero-order chi connectivity index (χ0) is 15.2. The van der Waals surface area contributed by atoms with E-state index in [1.165, 1.54) is 7.05 Å². The third-order valence-corrected chi connectivity index (χ3v) is 5.71. The average molecular weight is 308 g/mol. The molecule has 1 aromatic carbocycles. The molecule has 21 heavy (non-hydrogen) atoms. The molecule has 3 rings (SSSR count). The number of hydrogen-bond donors (Lipinski definition) is 1. The molecule has 0 amide bonds. The van der Waals surface area contributed by atoms with E-state index in [0.29, 0.717) is 6.04 Å². The number of sulfonamides is 1. The largest absolute Gasteiger partial charge is 0.461 e. The SMILES string of the molecule is CNS(=O)(=O)c1ccc2oc3c(c2c1)CC(N(C)C)CC3. The summed E-state index contributed by atoms with van der Waals surface area (Å²) in [5.41, 5.74) is 1.93. The lowest BCUT2D eigenvalue weighted by molar-refractivity contribution is 0.261. The number of hydrogen-bond acceptors (Lipinski definition) is 4. The molecule has 1 aromatic heterocycles. The van der Waals surface area contributed by atoms with E-state index in [1.54, 1.807) is 18.2 Å². The van der Waals surface area contributed by atoms with Gasteiger partial charge in [-0.2, -0.15) is 0 Å². The topological polar surface area (TPSA) is 62.6 Å². The molecule has 0 aliphatic heterocycles. The highest BCUT2D eigenvalue weighted by Gasteiger charge is 2.26. The van der Waals surface area contributed by atoms with E-state index in [1.807, 2.05) is 0 Å². The molecule has 5 nitrogen and oxygen atoms in total. The van der Waals surface area contributed by atoms with E-state index >= 15 is 0 Å². The molecule has 0 bridgehead atoms. The van der Waals surface area contributed by atoms with Gasteiger partial charge in [-0.3, -0.25) is 0 Å². The van der Waals surface area contributed by atoms with E-state index in [2.05, 4.69) is 23.7 Å². The molecule has 1 N–H and O–H groups in total. The summed E-state index contributed by atoms with van der Waals surface area (Å²) in [7, 11) is 2.15. The van der Waals surface area contributed by atoms with E-state index in [4.69, 9.17) is 4.42 Å². The number of rotatable bonds is 3. The van der Waals surface area contributed by atoms with Gasteiger partial charge in [0.2, 0.25) is 10.0 Å². The Morgan fingerprint density at radius 2 is 2.10 bits per heavy atom.